The first kappa shape index (κ1) is 13.2. The first-order valence-corrected chi connectivity index (χ1v) is 5.39. The number of nitrogens with one attached hydrogen (secondary N) is 2. The van der Waals surface area contributed by atoms with Crippen molar-refractivity contribution in [2.45, 2.75) is 27.2 Å². The molecule has 3 heteroatoms. The number of amides is 1. The summed E-state index contributed by atoms with van der Waals surface area (Å²) in [4.78, 5) is 12.7. The average Bonchev–Trinajstić information content (AvgIpc) is 2.17. The highest BCUT2D eigenvalue weighted by atomic mass is 16.1. The number of quaternary nitrogens is 1. The van der Waals surface area contributed by atoms with Gasteiger partial charge in [0.1, 0.15) is 0 Å². The molecule has 0 aromatic rings. The number of carbonyl (C=O) groups excluding carboxylic acids is 1. The minimum atomic E-state index is -0.0282. The van der Waals surface area contributed by atoms with Crippen molar-refractivity contribution in [2.75, 3.05) is 26.2 Å². The topological polar surface area (TPSA) is 33.5 Å². The van der Waals surface area contributed by atoms with E-state index in [4.69, 9.17) is 0 Å². The molecule has 0 fully saturated rings. The Balaban J connectivity index is 3.46. The fourth-order valence-corrected chi connectivity index (χ4v) is 1.29. The van der Waals surface area contributed by atoms with Gasteiger partial charge < -0.3 is 10.2 Å². The molecule has 0 spiro atoms. The molecule has 0 aliphatic heterocycles. The molecule has 82 valence electrons. The summed E-state index contributed by atoms with van der Waals surface area (Å²) < 4.78 is 0. The molecule has 3 nitrogen and oxygen atoms in total. The van der Waals surface area contributed by atoms with Gasteiger partial charge in [0.25, 0.3) is 0 Å². The second kappa shape index (κ2) is 7.56. The Morgan fingerprint density at radius 2 is 1.93 bits per heavy atom. The standard InChI is InChI=1S/C11H22N2O/c1-5-13(6-2)9-7-8-12-11(14)10(3)4/h3,5-9H2,1-2,4H3,(H,12,14)/p+1. The van der Waals surface area contributed by atoms with E-state index in [9.17, 15) is 4.79 Å². The van der Waals surface area contributed by atoms with Crippen LogP contribution in [0.25, 0.3) is 0 Å². The normalized spacial score (nSPS) is 10.3. The average molecular weight is 199 g/mol. The lowest BCUT2D eigenvalue weighted by atomic mass is 10.3. The van der Waals surface area contributed by atoms with Crippen LogP contribution in [0.5, 0.6) is 0 Å². The molecule has 0 heterocycles. The molecule has 0 bridgehead atoms. The third-order valence-corrected chi connectivity index (χ3v) is 2.38. The Morgan fingerprint density at radius 1 is 1.36 bits per heavy atom. The van der Waals surface area contributed by atoms with Crippen LogP contribution in [0.1, 0.15) is 27.2 Å². The summed E-state index contributed by atoms with van der Waals surface area (Å²) in [7, 11) is 0. The van der Waals surface area contributed by atoms with E-state index in [1.165, 1.54) is 0 Å². The second-order valence-corrected chi connectivity index (χ2v) is 3.60. The molecule has 0 unspecified atom stereocenters. The molecular formula is C11H23N2O+. The van der Waals surface area contributed by atoms with Gasteiger partial charge in [-0.05, 0) is 20.8 Å². The van der Waals surface area contributed by atoms with E-state index in [0.717, 1.165) is 32.6 Å². The summed E-state index contributed by atoms with van der Waals surface area (Å²) in [5.41, 5.74) is 0.584. The van der Waals surface area contributed by atoms with Crippen molar-refractivity contribution in [3.05, 3.63) is 12.2 Å². The lowest BCUT2D eigenvalue weighted by Crippen LogP contribution is -3.11. The predicted octanol–water partition coefficient (Wildman–Crippen LogP) is -0.00650. The van der Waals surface area contributed by atoms with E-state index in [-0.39, 0.29) is 5.91 Å². The first-order chi connectivity index (χ1) is 6.61. The molecule has 0 atom stereocenters. The quantitative estimate of drug-likeness (QED) is 0.439. The maximum atomic E-state index is 11.1. The van der Waals surface area contributed by atoms with Gasteiger partial charge in [0.05, 0.1) is 19.6 Å². The summed E-state index contributed by atoms with van der Waals surface area (Å²) >= 11 is 0. The van der Waals surface area contributed by atoms with E-state index < -0.39 is 0 Å². The van der Waals surface area contributed by atoms with Crippen LogP contribution in [0.4, 0.5) is 0 Å². The highest BCUT2D eigenvalue weighted by Crippen LogP contribution is 1.84. The minimum absolute atomic E-state index is 0.0282. The van der Waals surface area contributed by atoms with Crippen molar-refractivity contribution in [1.82, 2.24) is 5.32 Å². The molecule has 1 amide bonds. The van der Waals surface area contributed by atoms with Gasteiger partial charge in [-0.3, -0.25) is 4.79 Å². The van der Waals surface area contributed by atoms with Crippen molar-refractivity contribution < 1.29 is 9.69 Å². The molecule has 0 rings (SSSR count). The zero-order chi connectivity index (χ0) is 11.0. The van der Waals surface area contributed by atoms with Crippen LogP contribution in [-0.4, -0.2) is 32.1 Å². The van der Waals surface area contributed by atoms with Crippen molar-refractivity contribution in [3.63, 3.8) is 0 Å². The molecule has 0 saturated heterocycles. The van der Waals surface area contributed by atoms with Gasteiger partial charge in [0.2, 0.25) is 5.91 Å². The molecule has 14 heavy (non-hydrogen) atoms. The van der Waals surface area contributed by atoms with E-state index in [2.05, 4.69) is 25.7 Å². The van der Waals surface area contributed by atoms with E-state index >= 15 is 0 Å². The number of rotatable bonds is 7. The monoisotopic (exact) mass is 199 g/mol. The van der Waals surface area contributed by atoms with Crippen LogP contribution in [0.15, 0.2) is 12.2 Å². The third-order valence-electron chi connectivity index (χ3n) is 2.38. The zero-order valence-electron chi connectivity index (χ0n) is 9.65. The van der Waals surface area contributed by atoms with Gasteiger partial charge >= 0.3 is 0 Å². The van der Waals surface area contributed by atoms with Crippen LogP contribution >= 0.6 is 0 Å². The minimum Gasteiger partial charge on any atom is -0.352 e. The highest BCUT2D eigenvalue weighted by Gasteiger charge is 2.03. The molecule has 0 aromatic carbocycles. The number of hydrogen-bond acceptors (Lipinski definition) is 1. The fourth-order valence-electron chi connectivity index (χ4n) is 1.29. The largest absolute Gasteiger partial charge is 0.352 e. The van der Waals surface area contributed by atoms with E-state index in [1.54, 1.807) is 11.8 Å². The van der Waals surface area contributed by atoms with Gasteiger partial charge in [-0.2, -0.15) is 0 Å². The van der Waals surface area contributed by atoms with Crippen LogP contribution < -0.4 is 10.2 Å². The van der Waals surface area contributed by atoms with Crippen LogP contribution in [0, 0.1) is 0 Å². The van der Waals surface area contributed by atoms with Crippen molar-refractivity contribution in [3.8, 4) is 0 Å². The Kier molecular flexibility index (Phi) is 7.11. The summed E-state index contributed by atoms with van der Waals surface area (Å²) in [6, 6.07) is 0. The molecule has 0 radical (unpaired) electrons. The Morgan fingerprint density at radius 3 is 2.36 bits per heavy atom. The van der Waals surface area contributed by atoms with Crippen LogP contribution in [0.2, 0.25) is 0 Å². The number of hydrogen-bond donors (Lipinski definition) is 2. The van der Waals surface area contributed by atoms with Gasteiger partial charge in [-0.1, -0.05) is 6.58 Å². The Hall–Kier alpha value is -0.830. The first-order valence-electron chi connectivity index (χ1n) is 5.39. The molecular weight excluding hydrogens is 176 g/mol. The van der Waals surface area contributed by atoms with Crippen molar-refractivity contribution >= 4 is 5.91 Å². The van der Waals surface area contributed by atoms with Crippen LogP contribution in [0.3, 0.4) is 0 Å². The van der Waals surface area contributed by atoms with Gasteiger partial charge in [-0.25, -0.2) is 0 Å². The van der Waals surface area contributed by atoms with E-state index in [0.29, 0.717) is 5.57 Å². The van der Waals surface area contributed by atoms with E-state index in [1.807, 2.05) is 0 Å². The fraction of sp³-hybridized carbons (Fsp3) is 0.727. The molecule has 0 saturated carbocycles. The molecule has 2 N–H and O–H groups in total. The lowest BCUT2D eigenvalue weighted by Gasteiger charge is -2.15. The van der Waals surface area contributed by atoms with Crippen LogP contribution in [-0.2, 0) is 4.79 Å². The van der Waals surface area contributed by atoms with Crippen molar-refractivity contribution in [1.29, 1.82) is 0 Å². The maximum Gasteiger partial charge on any atom is 0.246 e. The maximum absolute atomic E-state index is 11.1. The molecule has 0 aromatic heterocycles. The van der Waals surface area contributed by atoms with Crippen molar-refractivity contribution in [2.24, 2.45) is 0 Å². The summed E-state index contributed by atoms with van der Waals surface area (Å²) in [5, 5.41) is 2.83. The lowest BCUT2D eigenvalue weighted by molar-refractivity contribution is -0.896. The second-order valence-electron chi connectivity index (χ2n) is 3.60. The Labute approximate surface area is 87.2 Å². The molecule has 0 aliphatic rings. The summed E-state index contributed by atoms with van der Waals surface area (Å²) in [6.07, 6.45) is 1.04. The summed E-state index contributed by atoms with van der Waals surface area (Å²) in [5.74, 6) is -0.0282. The SMILES string of the molecule is C=C(C)C(=O)NCCC[NH+](CC)CC. The Bertz CT molecular complexity index is 186. The zero-order valence-corrected chi connectivity index (χ0v) is 9.65. The number of carbonyl (C=O) groups is 1. The predicted molar refractivity (Wildman–Crippen MR) is 59.4 cm³/mol. The smallest absolute Gasteiger partial charge is 0.246 e. The van der Waals surface area contributed by atoms with Gasteiger partial charge in [0, 0.05) is 18.5 Å². The highest BCUT2D eigenvalue weighted by molar-refractivity contribution is 5.91. The summed E-state index contributed by atoms with van der Waals surface area (Å²) in [6.45, 7) is 13.9. The van der Waals surface area contributed by atoms with Gasteiger partial charge in [0.15, 0.2) is 0 Å². The molecule has 0 aliphatic carbocycles. The third kappa shape index (κ3) is 5.75. The van der Waals surface area contributed by atoms with Gasteiger partial charge in [-0.15, -0.1) is 0 Å².